The third kappa shape index (κ3) is 1.32. The maximum absolute atomic E-state index is 6.08. The number of rotatable bonds is 0. The first kappa shape index (κ1) is 7.63. The van der Waals surface area contributed by atoms with Gasteiger partial charge in [0.1, 0.15) is 0 Å². The van der Waals surface area contributed by atoms with Crippen LogP contribution in [0.3, 0.4) is 0 Å². The molecule has 0 radical (unpaired) electrons. The fourth-order valence-corrected chi connectivity index (χ4v) is 2.26. The van der Waals surface area contributed by atoms with Crippen molar-refractivity contribution in [2.24, 2.45) is 0 Å². The van der Waals surface area contributed by atoms with Gasteiger partial charge in [0, 0.05) is 4.47 Å². The summed E-state index contributed by atoms with van der Waals surface area (Å²) < 4.78 is 1.15. The summed E-state index contributed by atoms with van der Waals surface area (Å²) in [6.07, 6.45) is 2.22. The van der Waals surface area contributed by atoms with Crippen LogP contribution in [0, 0.1) is 0 Å². The fraction of sp³-hybridized carbons (Fsp3) is 0.333. The molecule has 0 heterocycles. The number of benzene rings is 1. The van der Waals surface area contributed by atoms with E-state index >= 15 is 0 Å². The van der Waals surface area contributed by atoms with Crippen molar-refractivity contribution >= 4 is 27.5 Å². The Morgan fingerprint density at radius 3 is 3.09 bits per heavy atom. The van der Waals surface area contributed by atoms with Crippen LogP contribution in [0.4, 0.5) is 0 Å². The Balaban J connectivity index is 2.50. The van der Waals surface area contributed by atoms with E-state index in [-0.39, 0.29) is 5.38 Å². The van der Waals surface area contributed by atoms with Gasteiger partial charge in [-0.2, -0.15) is 0 Å². The molecular weight excluding hydrogens is 223 g/mol. The maximum Gasteiger partial charge on any atom is 0.0591 e. The van der Waals surface area contributed by atoms with Gasteiger partial charge in [0.15, 0.2) is 0 Å². The zero-order valence-electron chi connectivity index (χ0n) is 5.98. The molecule has 0 aromatic heterocycles. The van der Waals surface area contributed by atoms with E-state index in [9.17, 15) is 0 Å². The molecule has 1 aromatic rings. The molecule has 11 heavy (non-hydrogen) atoms. The predicted octanol–water partition coefficient (Wildman–Crippen LogP) is 3.68. The maximum atomic E-state index is 6.08. The highest BCUT2D eigenvalue weighted by molar-refractivity contribution is 9.10. The van der Waals surface area contributed by atoms with Gasteiger partial charge in [-0.15, -0.1) is 11.6 Å². The Morgan fingerprint density at radius 2 is 2.27 bits per heavy atom. The van der Waals surface area contributed by atoms with Crippen molar-refractivity contribution < 1.29 is 0 Å². The van der Waals surface area contributed by atoms with Crippen LogP contribution in [0.15, 0.2) is 22.7 Å². The third-order valence-corrected chi connectivity index (χ3v) is 3.06. The van der Waals surface area contributed by atoms with E-state index in [1.54, 1.807) is 0 Å². The molecule has 0 N–H and O–H groups in total. The van der Waals surface area contributed by atoms with Gasteiger partial charge in [0.25, 0.3) is 0 Å². The number of hydrogen-bond acceptors (Lipinski definition) is 0. The molecule has 1 aliphatic rings. The molecular formula is C9H8BrCl. The normalized spacial score (nSPS) is 21.8. The summed E-state index contributed by atoms with van der Waals surface area (Å²) in [6, 6.07) is 6.33. The Hall–Kier alpha value is -0.0100. The Bertz CT molecular complexity index is 283. The molecule has 58 valence electrons. The second kappa shape index (κ2) is 2.80. The molecule has 0 aliphatic heterocycles. The van der Waals surface area contributed by atoms with E-state index < -0.39 is 0 Å². The van der Waals surface area contributed by atoms with Crippen molar-refractivity contribution in [2.75, 3.05) is 0 Å². The van der Waals surface area contributed by atoms with Crippen molar-refractivity contribution in [1.29, 1.82) is 0 Å². The highest BCUT2D eigenvalue weighted by Crippen LogP contribution is 2.36. The minimum atomic E-state index is 0.248. The smallest absolute Gasteiger partial charge is 0.0591 e. The van der Waals surface area contributed by atoms with Crippen LogP contribution >= 0.6 is 27.5 Å². The molecule has 0 nitrogen and oxygen atoms in total. The van der Waals surface area contributed by atoms with Crippen LogP contribution in [0.2, 0.25) is 0 Å². The van der Waals surface area contributed by atoms with Gasteiger partial charge in [-0.05, 0) is 36.1 Å². The van der Waals surface area contributed by atoms with Crippen molar-refractivity contribution in [3.05, 3.63) is 33.8 Å². The zero-order chi connectivity index (χ0) is 7.84. The number of aryl methyl sites for hydroxylation is 1. The lowest BCUT2D eigenvalue weighted by atomic mass is 10.1. The fourth-order valence-electron chi connectivity index (χ4n) is 1.53. The third-order valence-electron chi connectivity index (χ3n) is 2.11. The van der Waals surface area contributed by atoms with E-state index in [0.29, 0.717) is 0 Å². The lowest BCUT2D eigenvalue weighted by Gasteiger charge is -2.01. The van der Waals surface area contributed by atoms with Crippen molar-refractivity contribution in [3.63, 3.8) is 0 Å². The number of halogens is 2. The summed E-state index contributed by atoms with van der Waals surface area (Å²) in [4.78, 5) is 0. The second-order valence-corrected chi connectivity index (χ2v) is 4.29. The topological polar surface area (TPSA) is 0 Å². The van der Waals surface area contributed by atoms with Gasteiger partial charge in [0.05, 0.1) is 5.38 Å². The first-order valence-electron chi connectivity index (χ1n) is 3.70. The van der Waals surface area contributed by atoms with Crippen LogP contribution in [-0.2, 0) is 6.42 Å². The predicted molar refractivity (Wildman–Crippen MR) is 51.1 cm³/mol. The minimum Gasteiger partial charge on any atom is -0.118 e. The summed E-state index contributed by atoms with van der Waals surface area (Å²) >= 11 is 9.52. The average molecular weight is 232 g/mol. The number of hydrogen-bond donors (Lipinski definition) is 0. The van der Waals surface area contributed by atoms with Crippen LogP contribution < -0.4 is 0 Å². The molecule has 0 fully saturated rings. The average Bonchev–Trinajstić information content (AvgIpc) is 2.32. The first-order valence-corrected chi connectivity index (χ1v) is 4.93. The molecule has 0 amide bonds. The highest BCUT2D eigenvalue weighted by Gasteiger charge is 2.19. The van der Waals surface area contributed by atoms with Gasteiger partial charge in [0.2, 0.25) is 0 Å². The molecule has 0 saturated heterocycles. The summed E-state index contributed by atoms with van der Waals surface area (Å²) in [5.74, 6) is 0. The van der Waals surface area contributed by atoms with Gasteiger partial charge < -0.3 is 0 Å². The lowest BCUT2D eigenvalue weighted by Crippen LogP contribution is -1.82. The largest absolute Gasteiger partial charge is 0.118 e. The monoisotopic (exact) mass is 230 g/mol. The summed E-state index contributed by atoms with van der Waals surface area (Å²) in [5.41, 5.74) is 2.72. The van der Waals surface area contributed by atoms with Crippen molar-refractivity contribution in [2.45, 2.75) is 18.2 Å². The Morgan fingerprint density at radius 1 is 1.45 bits per heavy atom. The minimum absolute atomic E-state index is 0.248. The van der Waals surface area contributed by atoms with Crippen LogP contribution in [0.5, 0.6) is 0 Å². The van der Waals surface area contributed by atoms with Gasteiger partial charge >= 0.3 is 0 Å². The molecule has 1 atom stereocenters. The molecule has 2 heteroatoms. The number of fused-ring (bicyclic) bond motifs is 1. The van der Waals surface area contributed by atoms with E-state index in [1.165, 1.54) is 11.1 Å². The highest BCUT2D eigenvalue weighted by atomic mass is 79.9. The van der Waals surface area contributed by atoms with E-state index in [1.807, 2.05) is 0 Å². The van der Waals surface area contributed by atoms with E-state index in [4.69, 9.17) is 11.6 Å². The van der Waals surface area contributed by atoms with E-state index in [2.05, 4.69) is 34.1 Å². The van der Waals surface area contributed by atoms with Gasteiger partial charge in [-0.1, -0.05) is 22.0 Å². The van der Waals surface area contributed by atoms with Gasteiger partial charge in [-0.25, -0.2) is 0 Å². The van der Waals surface area contributed by atoms with Crippen LogP contribution in [-0.4, -0.2) is 0 Å². The molecule has 0 saturated carbocycles. The molecule has 0 bridgehead atoms. The standard InChI is InChI=1S/C9H8BrCl/c10-7-2-3-8-6(5-7)1-4-9(8)11/h2-3,5,9H,1,4H2/t9-/m1/s1. The lowest BCUT2D eigenvalue weighted by molar-refractivity contribution is 0.882. The van der Waals surface area contributed by atoms with Crippen LogP contribution in [0.1, 0.15) is 22.9 Å². The molecule has 0 unspecified atom stereocenters. The Kier molecular flexibility index (Phi) is 1.94. The zero-order valence-corrected chi connectivity index (χ0v) is 8.32. The number of alkyl halides is 1. The summed E-state index contributed by atoms with van der Waals surface area (Å²) in [7, 11) is 0. The molecule has 1 aliphatic carbocycles. The molecule has 1 aromatic carbocycles. The van der Waals surface area contributed by atoms with Crippen molar-refractivity contribution in [1.82, 2.24) is 0 Å². The second-order valence-electron chi connectivity index (χ2n) is 2.85. The summed E-state index contributed by atoms with van der Waals surface area (Å²) in [5, 5.41) is 0.248. The first-order chi connectivity index (χ1) is 5.27. The van der Waals surface area contributed by atoms with Crippen molar-refractivity contribution in [3.8, 4) is 0 Å². The molecule has 0 spiro atoms. The quantitative estimate of drug-likeness (QED) is 0.598. The SMILES string of the molecule is Cl[C@@H]1CCc2cc(Br)ccc21. The van der Waals surface area contributed by atoms with E-state index in [0.717, 1.165) is 17.3 Å². The Labute approximate surface area is 79.7 Å². The van der Waals surface area contributed by atoms with Gasteiger partial charge in [-0.3, -0.25) is 0 Å². The van der Waals surface area contributed by atoms with Crippen LogP contribution in [0.25, 0.3) is 0 Å². The molecule has 2 rings (SSSR count). The summed E-state index contributed by atoms with van der Waals surface area (Å²) in [6.45, 7) is 0.